The molecule has 3 heterocycles. The van der Waals surface area contributed by atoms with Gasteiger partial charge in [-0.25, -0.2) is 9.48 Å². The predicted octanol–water partition coefficient (Wildman–Crippen LogP) is 1.98. The lowest BCUT2D eigenvalue weighted by Gasteiger charge is -2.32. The second-order valence-corrected chi connectivity index (χ2v) is 6.57. The summed E-state index contributed by atoms with van der Waals surface area (Å²) in [4.78, 5) is 14.5. The first-order chi connectivity index (χ1) is 13.7. The van der Waals surface area contributed by atoms with Crippen molar-refractivity contribution in [2.45, 2.75) is 19.6 Å². The van der Waals surface area contributed by atoms with Gasteiger partial charge in [-0.2, -0.15) is 0 Å². The van der Waals surface area contributed by atoms with E-state index in [-0.39, 0.29) is 6.03 Å². The van der Waals surface area contributed by atoms with Crippen LogP contribution in [0.3, 0.4) is 0 Å². The average molecular weight is 386 g/mol. The number of rotatable bonds is 5. The highest BCUT2D eigenvalue weighted by molar-refractivity contribution is 5.99. The van der Waals surface area contributed by atoms with Gasteiger partial charge < -0.3 is 24.1 Å². The zero-order valence-electron chi connectivity index (χ0n) is 15.8. The third-order valence-electron chi connectivity index (χ3n) is 4.62. The molecule has 148 valence electrons. The van der Waals surface area contributed by atoms with Gasteiger partial charge >= 0.3 is 6.03 Å². The first-order valence-electron chi connectivity index (χ1n) is 9.07. The Bertz CT molecular complexity index is 968. The van der Waals surface area contributed by atoms with Crippen LogP contribution >= 0.6 is 0 Å². The van der Waals surface area contributed by atoms with Crippen molar-refractivity contribution in [3.05, 3.63) is 35.9 Å². The third-order valence-corrected chi connectivity index (χ3v) is 4.62. The number of methoxy groups -OCH3 is 1. The number of nitrogens with one attached hydrogen (secondary N) is 1. The number of carbonyl (C=O) groups excluding carboxylic acids is 1. The number of urea groups is 1. The number of nitrogens with zero attached hydrogens (tertiary/aromatic N) is 5. The zero-order valence-corrected chi connectivity index (χ0v) is 15.8. The molecule has 1 N–H and O–H groups in total. The highest BCUT2D eigenvalue weighted by atomic mass is 16.5. The van der Waals surface area contributed by atoms with Crippen LogP contribution in [-0.4, -0.2) is 64.6 Å². The fraction of sp³-hybridized carbons (Fsp3) is 0.444. The Morgan fingerprint density at radius 3 is 3.18 bits per heavy atom. The van der Waals surface area contributed by atoms with Gasteiger partial charge in [0.05, 0.1) is 32.0 Å². The molecular weight excluding hydrogens is 364 g/mol. The number of amides is 2. The van der Waals surface area contributed by atoms with Crippen LogP contribution in [0.1, 0.15) is 17.7 Å². The largest absolute Gasteiger partial charge is 0.459 e. The maximum atomic E-state index is 12.8. The standard InChI is InChI=1S/C18H22N6O4/c1-12-10-13-4-3-5-14(16(13)28-12)19-18(25)23-6-9-27-15(11-23)17-20-21-22-24(17)7-8-26-2/h3-5,10,15H,6-9,11H2,1-2H3,(H,19,25)/t15-/m1/s1. The number of para-hydroxylation sites is 1. The molecule has 0 spiro atoms. The Balaban J connectivity index is 1.47. The lowest BCUT2D eigenvalue weighted by Crippen LogP contribution is -2.45. The first kappa shape index (κ1) is 18.4. The Morgan fingerprint density at radius 2 is 2.32 bits per heavy atom. The van der Waals surface area contributed by atoms with E-state index in [2.05, 4.69) is 20.8 Å². The quantitative estimate of drug-likeness (QED) is 0.714. The van der Waals surface area contributed by atoms with E-state index in [1.165, 1.54) is 0 Å². The summed E-state index contributed by atoms with van der Waals surface area (Å²) >= 11 is 0. The number of aryl methyl sites for hydroxylation is 1. The van der Waals surface area contributed by atoms with E-state index >= 15 is 0 Å². The van der Waals surface area contributed by atoms with Gasteiger partial charge in [-0.15, -0.1) is 5.10 Å². The summed E-state index contributed by atoms with van der Waals surface area (Å²) in [6, 6.07) is 7.39. The molecule has 10 nitrogen and oxygen atoms in total. The molecule has 10 heteroatoms. The molecule has 2 amide bonds. The number of furan rings is 1. The molecule has 1 aromatic carbocycles. The van der Waals surface area contributed by atoms with E-state index in [0.717, 1.165) is 11.1 Å². The highest BCUT2D eigenvalue weighted by Gasteiger charge is 2.29. The van der Waals surface area contributed by atoms with E-state index in [0.29, 0.717) is 49.9 Å². The molecule has 0 aliphatic carbocycles. The number of ether oxygens (including phenoxy) is 2. The molecule has 1 atom stereocenters. The molecule has 2 aromatic heterocycles. The summed E-state index contributed by atoms with van der Waals surface area (Å²) in [5.74, 6) is 1.38. The van der Waals surface area contributed by atoms with Crippen molar-refractivity contribution in [2.75, 3.05) is 38.7 Å². The Labute approximate surface area is 161 Å². The topological polar surface area (TPSA) is 108 Å². The van der Waals surface area contributed by atoms with E-state index in [4.69, 9.17) is 13.9 Å². The Kier molecular flexibility index (Phi) is 5.22. The van der Waals surface area contributed by atoms with Crippen LogP contribution in [0.15, 0.2) is 28.7 Å². The minimum atomic E-state index is -0.395. The SMILES string of the molecule is COCCn1nnnc1[C@H]1CN(C(=O)Nc2cccc3cc(C)oc23)CCO1. The van der Waals surface area contributed by atoms with Crippen LogP contribution in [0, 0.1) is 6.92 Å². The van der Waals surface area contributed by atoms with Crippen molar-refractivity contribution in [2.24, 2.45) is 0 Å². The Hall–Kier alpha value is -2.98. The van der Waals surface area contributed by atoms with Gasteiger partial charge in [0.1, 0.15) is 11.9 Å². The highest BCUT2D eigenvalue weighted by Crippen LogP contribution is 2.27. The first-order valence-corrected chi connectivity index (χ1v) is 9.07. The van der Waals surface area contributed by atoms with Crippen LogP contribution < -0.4 is 5.32 Å². The lowest BCUT2D eigenvalue weighted by atomic mass is 10.2. The summed E-state index contributed by atoms with van der Waals surface area (Å²) in [7, 11) is 1.62. The van der Waals surface area contributed by atoms with Crippen molar-refractivity contribution in [1.82, 2.24) is 25.1 Å². The summed E-state index contributed by atoms with van der Waals surface area (Å²) in [6.45, 7) is 4.12. The average Bonchev–Trinajstić information content (AvgIpc) is 3.32. The van der Waals surface area contributed by atoms with Gasteiger partial charge in [-0.05, 0) is 29.5 Å². The molecule has 3 aromatic rings. The lowest BCUT2D eigenvalue weighted by molar-refractivity contribution is -0.0209. The van der Waals surface area contributed by atoms with E-state index in [1.807, 2.05) is 31.2 Å². The summed E-state index contributed by atoms with van der Waals surface area (Å²) in [5, 5.41) is 15.6. The number of morpholine rings is 1. The smallest absolute Gasteiger partial charge is 0.322 e. The molecule has 1 aliphatic rings. The van der Waals surface area contributed by atoms with Crippen molar-refractivity contribution in [1.29, 1.82) is 0 Å². The molecule has 1 saturated heterocycles. The summed E-state index contributed by atoms with van der Waals surface area (Å²) < 4.78 is 18.2. The van der Waals surface area contributed by atoms with Crippen LogP contribution in [0.25, 0.3) is 11.0 Å². The number of carbonyl (C=O) groups is 1. The molecule has 0 saturated carbocycles. The number of aromatic nitrogens is 4. The molecular formula is C18H22N6O4. The number of hydrogen-bond donors (Lipinski definition) is 1. The number of tetrazole rings is 1. The molecule has 0 unspecified atom stereocenters. The molecule has 4 rings (SSSR count). The van der Waals surface area contributed by atoms with Gasteiger partial charge in [-0.3, -0.25) is 0 Å². The van der Waals surface area contributed by atoms with Crippen LogP contribution in [0.2, 0.25) is 0 Å². The van der Waals surface area contributed by atoms with E-state index in [1.54, 1.807) is 16.7 Å². The molecule has 28 heavy (non-hydrogen) atoms. The molecule has 1 aliphatic heterocycles. The van der Waals surface area contributed by atoms with Gasteiger partial charge in [0.2, 0.25) is 0 Å². The second-order valence-electron chi connectivity index (χ2n) is 6.57. The van der Waals surface area contributed by atoms with E-state index < -0.39 is 6.10 Å². The maximum Gasteiger partial charge on any atom is 0.322 e. The molecule has 1 fully saturated rings. The fourth-order valence-electron chi connectivity index (χ4n) is 3.25. The molecule has 0 radical (unpaired) electrons. The normalized spacial score (nSPS) is 17.2. The molecule has 0 bridgehead atoms. The number of benzene rings is 1. The minimum absolute atomic E-state index is 0.217. The maximum absolute atomic E-state index is 12.8. The summed E-state index contributed by atoms with van der Waals surface area (Å²) in [6.07, 6.45) is -0.395. The van der Waals surface area contributed by atoms with Crippen molar-refractivity contribution in [3.63, 3.8) is 0 Å². The van der Waals surface area contributed by atoms with Gasteiger partial charge in [-0.1, -0.05) is 12.1 Å². The van der Waals surface area contributed by atoms with Crippen LogP contribution in [0.5, 0.6) is 0 Å². The third kappa shape index (κ3) is 3.69. The van der Waals surface area contributed by atoms with Gasteiger partial charge in [0, 0.05) is 19.0 Å². The summed E-state index contributed by atoms with van der Waals surface area (Å²) in [5.41, 5.74) is 1.31. The number of hydrogen-bond acceptors (Lipinski definition) is 7. The number of fused-ring (bicyclic) bond motifs is 1. The van der Waals surface area contributed by atoms with Crippen LogP contribution in [0.4, 0.5) is 10.5 Å². The minimum Gasteiger partial charge on any atom is -0.459 e. The van der Waals surface area contributed by atoms with Crippen molar-refractivity contribution < 1.29 is 18.7 Å². The number of anilines is 1. The van der Waals surface area contributed by atoms with Gasteiger partial charge in [0.25, 0.3) is 0 Å². The van der Waals surface area contributed by atoms with Gasteiger partial charge in [0.15, 0.2) is 11.4 Å². The van der Waals surface area contributed by atoms with Crippen molar-refractivity contribution >= 4 is 22.7 Å². The van der Waals surface area contributed by atoms with Crippen molar-refractivity contribution in [3.8, 4) is 0 Å². The van der Waals surface area contributed by atoms with Crippen LogP contribution in [-0.2, 0) is 16.0 Å². The monoisotopic (exact) mass is 386 g/mol. The Morgan fingerprint density at radius 1 is 1.43 bits per heavy atom. The zero-order chi connectivity index (χ0) is 19.5. The second kappa shape index (κ2) is 7.95. The predicted molar refractivity (Wildman–Crippen MR) is 99.9 cm³/mol. The van der Waals surface area contributed by atoms with E-state index in [9.17, 15) is 4.79 Å². The fourth-order valence-corrected chi connectivity index (χ4v) is 3.25.